The maximum absolute atomic E-state index is 12.9. The lowest BCUT2D eigenvalue weighted by Gasteiger charge is -2.47. The van der Waals surface area contributed by atoms with Crippen molar-refractivity contribution in [1.29, 1.82) is 0 Å². The van der Waals surface area contributed by atoms with Crippen LogP contribution in [-0.2, 0) is 16.1 Å². The lowest BCUT2D eigenvalue weighted by Crippen LogP contribution is -3.00. The zero-order chi connectivity index (χ0) is 31.1. The van der Waals surface area contributed by atoms with Gasteiger partial charge in [-0.2, -0.15) is 0 Å². The Morgan fingerprint density at radius 3 is 2.44 bits per heavy atom. The van der Waals surface area contributed by atoms with Gasteiger partial charge in [-0.05, 0) is 36.2 Å². The Morgan fingerprint density at radius 1 is 1.15 bits per heavy atom. The summed E-state index contributed by atoms with van der Waals surface area (Å²) in [7, 11) is 2.18. The van der Waals surface area contributed by atoms with Gasteiger partial charge in [-0.3, -0.25) is 4.79 Å². The van der Waals surface area contributed by atoms with Gasteiger partial charge in [0.2, 0.25) is 0 Å². The first kappa shape index (κ1) is 16.7. The molecule has 4 rings (SSSR count). The van der Waals surface area contributed by atoms with E-state index < -0.39 is 38.0 Å². The molecule has 2 unspecified atom stereocenters. The van der Waals surface area contributed by atoms with E-state index in [4.69, 9.17) is 21.8 Å². The third-order valence-electron chi connectivity index (χ3n) is 7.25. The fraction of sp³-hybridized carbons (Fsp3) is 0.536. The van der Waals surface area contributed by atoms with Gasteiger partial charge in [0.05, 0.1) is 35.0 Å². The smallest absolute Gasteiger partial charge is 0.316 e. The Bertz CT molecular complexity index is 1230. The van der Waals surface area contributed by atoms with Gasteiger partial charge in [-0.15, -0.1) is 0 Å². The number of esters is 1. The molecule has 5 nitrogen and oxygen atoms in total. The fourth-order valence-corrected chi connectivity index (χ4v) is 5.46. The first-order chi connectivity index (χ1) is 19.4. The first-order valence-corrected chi connectivity index (χ1v) is 11.4. The molecule has 0 saturated carbocycles. The molecule has 34 heavy (non-hydrogen) atoms. The van der Waals surface area contributed by atoms with Crippen LogP contribution in [0.3, 0.4) is 0 Å². The van der Waals surface area contributed by atoms with E-state index in [2.05, 4.69) is 7.05 Å². The topological polar surface area (TPSA) is 55.8 Å². The molecule has 0 radical (unpaired) electrons. The molecule has 6 heteroatoms. The molecule has 2 fully saturated rings. The molecule has 0 amide bonds. The Hall–Kier alpha value is -1.89. The minimum Gasteiger partial charge on any atom is -1.00 e. The van der Waals surface area contributed by atoms with Crippen LogP contribution in [0.2, 0.25) is 0 Å². The molecule has 1 N–H and O–H groups in total. The molecule has 186 valence electrons. The highest BCUT2D eigenvalue weighted by Gasteiger charge is 2.52. The lowest BCUT2D eigenvalue weighted by molar-refractivity contribution is -0.961. The molecule has 2 saturated heterocycles. The van der Waals surface area contributed by atoms with Crippen molar-refractivity contribution in [3.63, 3.8) is 0 Å². The van der Waals surface area contributed by atoms with Gasteiger partial charge >= 0.3 is 5.97 Å². The number of carbonyl (C=O) groups excluding carboxylic acids is 1. The summed E-state index contributed by atoms with van der Waals surface area (Å²) in [5.74, 6) is -1.20. The van der Waals surface area contributed by atoms with Crippen LogP contribution in [0.15, 0.2) is 54.6 Å². The van der Waals surface area contributed by atoms with Crippen LogP contribution in [-0.4, -0.2) is 54.0 Å². The van der Waals surface area contributed by atoms with E-state index in [0.29, 0.717) is 19.4 Å². The van der Waals surface area contributed by atoms with E-state index >= 15 is 0 Å². The zero-order valence-corrected chi connectivity index (χ0v) is 20.8. The van der Waals surface area contributed by atoms with Crippen LogP contribution in [0.25, 0.3) is 0 Å². The Kier molecular flexibility index (Phi) is 5.99. The summed E-state index contributed by atoms with van der Waals surface area (Å²) < 4.78 is 81.2. The molecule has 2 aromatic rings. The average Bonchev–Trinajstić information content (AvgIpc) is 3.05. The van der Waals surface area contributed by atoms with E-state index in [9.17, 15) is 9.90 Å². The second-order valence-corrected chi connectivity index (χ2v) is 9.16. The van der Waals surface area contributed by atoms with Crippen molar-refractivity contribution >= 4 is 5.97 Å². The number of aliphatic hydroxyl groups excluding tert-OH is 1. The molecule has 0 aromatic heterocycles. The van der Waals surface area contributed by atoms with Crippen LogP contribution in [0.4, 0.5) is 0 Å². The predicted molar refractivity (Wildman–Crippen MR) is 129 cm³/mol. The average molecular weight is 542 g/mol. The minimum absolute atomic E-state index is 0. The summed E-state index contributed by atoms with van der Waals surface area (Å²) in [6.07, 6.45) is -3.83. The number of ether oxygens (including phenoxy) is 2. The van der Waals surface area contributed by atoms with E-state index in [1.165, 1.54) is 12.1 Å². The quantitative estimate of drug-likeness (QED) is 0.369. The Balaban J connectivity index is 0.00000506. The van der Waals surface area contributed by atoms with Crippen molar-refractivity contribution in [1.82, 2.24) is 0 Å². The van der Waals surface area contributed by atoms with Crippen LogP contribution >= 0.6 is 0 Å². The highest BCUT2D eigenvalue weighted by Crippen LogP contribution is 2.43. The SMILES string of the molecule is [2H]C([2H])([2H])C([2H])([2H])C([2H])([2H])C([2H])([2H])Oc1ccc(C[N+]2(C)C3CCC2CC(OC(=O)[C@@H](CO)c2ccccc2)C3)cc1.[Br-]. The molecule has 2 aliphatic heterocycles. The number of benzene rings is 2. The normalized spacial score (nSPS) is 31.9. The van der Waals surface area contributed by atoms with Gasteiger partial charge in [0.15, 0.2) is 0 Å². The number of halogens is 1. The molecule has 0 aliphatic carbocycles. The van der Waals surface area contributed by atoms with Gasteiger partial charge < -0.3 is 36.0 Å². The van der Waals surface area contributed by atoms with Crippen molar-refractivity contribution in [2.24, 2.45) is 0 Å². The largest absolute Gasteiger partial charge is 1.00 e. The number of quaternary nitrogens is 1. The van der Waals surface area contributed by atoms with Crippen LogP contribution in [0.1, 0.15) is 74.7 Å². The number of rotatable bonds is 10. The number of hydrogen-bond donors (Lipinski definition) is 1. The molecule has 2 bridgehead atoms. The molecule has 2 heterocycles. The van der Waals surface area contributed by atoms with E-state index in [1.54, 1.807) is 24.3 Å². The van der Waals surface area contributed by atoms with E-state index in [1.807, 2.05) is 18.2 Å². The standard InChI is InChI=1S/C28H38NO4.BrH/c1-3-4-16-32-25-14-10-21(11-15-25)19-29(2)23-12-13-24(29)18-26(17-23)33-28(31)27(20-30)22-8-6-5-7-9-22;/h5-11,14-15,23-24,26-27,30H,3-4,12-13,16-20H2,1-2H3;1H/q+1;/p-1/t23?,24?,26?,27-,29?;/m0./s1/i1D3,3D2,4D2,16D2;. The monoisotopic (exact) mass is 540 g/mol. The van der Waals surface area contributed by atoms with Crippen LogP contribution in [0, 0.1) is 0 Å². The summed E-state index contributed by atoms with van der Waals surface area (Å²) in [6, 6.07) is 16.0. The van der Waals surface area contributed by atoms with Gasteiger partial charge in [0.25, 0.3) is 0 Å². The number of fused-ring (bicyclic) bond motifs is 2. The lowest BCUT2D eigenvalue weighted by atomic mass is 9.95. The summed E-state index contributed by atoms with van der Waals surface area (Å²) in [4.78, 5) is 12.9. The van der Waals surface area contributed by atoms with Crippen molar-refractivity contribution in [3.05, 3.63) is 65.7 Å². The van der Waals surface area contributed by atoms with Crippen LogP contribution in [0.5, 0.6) is 5.75 Å². The summed E-state index contributed by atoms with van der Waals surface area (Å²) in [6.45, 7) is -6.33. The number of carbonyl (C=O) groups is 1. The summed E-state index contributed by atoms with van der Waals surface area (Å²) >= 11 is 0. The maximum atomic E-state index is 12.9. The number of nitrogens with zero attached hydrogens (tertiary/aromatic N) is 1. The van der Waals surface area contributed by atoms with Crippen molar-refractivity contribution in [2.75, 3.05) is 20.2 Å². The van der Waals surface area contributed by atoms with Gasteiger partial charge in [-0.1, -0.05) is 43.6 Å². The Morgan fingerprint density at radius 2 is 1.82 bits per heavy atom. The maximum Gasteiger partial charge on any atom is 0.316 e. The number of aliphatic hydroxyl groups is 1. The van der Waals surface area contributed by atoms with Crippen LogP contribution < -0.4 is 21.7 Å². The second kappa shape index (κ2) is 12.2. The minimum atomic E-state index is -3.50. The molecular formula is C28H38BrNO4. The Labute approximate surface area is 227 Å². The number of hydrogen-bond acceptors (Lipinski definition) is 4. The van der Waals surface area contributed by atoms with Gasteiger partial charge in [-0.25, -0.2) is 0 Å². The highest BCUT2D eigenvalue weighted by atomic mass is 79.9. The van der Waals surface area contributed by atoms with Crippen molar-refractivity contribution in [3.8, 4) is 5.75 Å². The van der Waals surface area contributed by atoms with Gasteiger partial charge in [0.1, 0.15) is 24.3 Å². The highest BCUT2D eigenvalue weighted by molar-refractivity contribution is 5.78. The van der Waals surface area contributed by atoms with Crippen molar-refractivity contribution < 1.29 is 53.2 Å². The molecule has 0 spiro atoms. The zero-order valence-electron chi connectivity index (χ0n) is 28.2. The third-order valence-corrected chi connectivity index (χ3v) is 7.25. The summed E-state index contributed by atoms with van der Waals surface area (Å²) in [5.41, 5.74) is 1.65. The summed E-state index contributed by atoms with van der Waals surface area (Å²) in [5, 5.41) is 9.84. The van der Waals surface area contributed by atoms with E-state index in [-0.39, 0.29) is 47.5 Å². The fourth-order valence-electron chi connectivity index (χ4n) is 5.46. The second-order valence-electron chi connectivity index (χ2n) is 9.16. The van der Waals surface area contributed by atoms with E-state index in [0.717, 1.165) is 28.5 Å². The number of piperidine rings is 1. The third kappa shape index (κ3) is 6.02. The van der Waals surface area contributed by atoms with Gasteiger partial charge in [0, 0.05) is 40.8 Å². The molecule has 2 aliphatic rings. The predicted octanol–water partition coefficient (Wildman–Crippen LogP) is 1.83. The molecular weight excluding hydrogens is 494 g/mol. The first-order valence-electron chi connectivity index (χ1n) is 15.9. The molecule has 3 atom stereocenters. The van der Waals surface area contributed by atoms with Crippen molar-refractivity contribution in [2.45, 2.75) is 75.9 Å². The molecule has 2 aromatic carbocycles.